The minimum absolute atomic E-state index is 0.0778. The van der Waals surface area contributed by atoms with E-state index < -0.39 is 15.7 Å². The molecule has 1 rings (SSSR count). The molecule has 1 N–H and O–H groups in total. The second-order valence-electron chi connectivity index (χ2n) is 5.02. The summed E-state index contributed by atoms with van der Waals surface area (Å²) in [5, 5.41) is 3.21. The highest BCUT2D eigenvalue weighted by Gasteiger charge is 2.25. The maximum atomic E-state index is 13.6. The Hall–Kier alpha value is -0.940. The van der Waals surface area contributed by atoms with E-state index in [0.717, 1.165) is 13.0 Å². The van der Waals surface area contributed by atoms with Gasteiger partial charge in [0.2, 0.25) is 0 Å². The van der Waals surface area contributed by atoms with Crippen molar-refractivity contribution in [2.75, 3.05) is 12.3 Å². The maximum Gasteiger partial charge on any atom is 0.182 e. The lowest BCUT2D eigenvalue weighted by Crippen LogP contribution is -2.40. The standard InChI is InChI=1S/C14H22FNO2S/c1-4-9-16-13(11(2)3)10-19(17,18)14-8-6-5-7-12(14)15/h5-8,11,13,16H,4,9-10H2,1-3H3. The molecule has 108 valence electrons. The summed E-state index contributed by atoms with van der Waals surface area (Å²) in [7, 11) is -3.60. The van der Waals surface area contributed by atoms with Crippen LogP contribution in [0.15, 0.2) is 29.2 Å². The van der Waals surface area contributed by atoms with Crippen molar-refractivity contribution in [3.8, 4) is 0 Å². The largest absolute Gasteiger partial charge is 0.313 e. The minimum Gasteiger partial charge on any atom is -0.313 e. The van der Waals surface area contributed by atoms with Gasteiger partial charge in [-0.25, -0.2) is 12.8 Å². The predicted octanol–water partition coefficient (Wildman–Crippen LogP) is 2.62. The van der Waals surface area contributed by atoms with Crippen LogP contribution in [0.25, 0.3) is 0 Å². The van der Waals surface area contributed by atoms with Gasteiger partial charge in [0.1, 0.15) is 10.7 Å². The quantitative estimate of drug-likeness (QED) is 0.838. The molecule has 0 aliphatic carbocycles. The molecule has 0 bridgehead atoms. The number of sulfone groups is 1. The second kappa shape index (κ2) is 7.01. The smallest absolute Gasteiger partial charge is 0.182 e. The predicted molar refractivity (Wildman–Crippen MR) is 75.4 cm³/mol. The molecule has 0 radical (unpaired) electrons. The fourth-order valence-corrected chi connectivity index (χ4v) is 3.65. The third-order valence-electron chi connectivity index (χ3n) is 3.03. The van der Waals surface area contributed by atoms with E-state index in [1.807, 2.05) is 20.8 Å². The molecule has 5 heteroatoms. The number of rotatable bonds is 7. The van der Waals surface area contributed by atoms with Crippen molar-refractivity contribution < 1.29 is 12.8 Å². The van der Waals surface area contributed by atoms with Crippen molar-refractivity contribution in [2.45, 2.75) is 38.1 Å². The number of hydrogen-bond acceptors (Lipinski definition) is 3. The Bertz CT molecular complexity index is 500. The molecule has 3 nitrogen and oxygen atoms in total. The van der Waals surface area contributed by atoms with E-state index in [1.165, 1.54) is 18.2 Å². The first-order valence-electron chi connectivity index (χ1n) is 6.59. The van der Waals surface area contributed by atoms with Gasteiger partial charge < -0.3 is 5.32 Å². The number of hydrogen-bond donors (Lipinski definition) is 1. The van der Waals surface area contributed by atoms with Gasteiger partial charge in [0.15, 0.2) is 9.84 Å². The third kappa shape index (κ3) is 4.58. The number of halogens is 1. The summed E-state index contributed by atoms with van der Waals surface area (Å²) in [5.41, 5.74) is 0. The summed E-state index contributed by atoms with van der Waals surface area (Å²) < 4.78 is 38.1. The van der Waals surface area contributed by atoms with E-state index in [9.17, 15) is 12.8 Å². The second-order valence-corrected chi connectivity index (χ2v) is 7.02. The summed E-state index contributed by atoms with van der Waals surface area (Å²) in [6.45, 7) is 6.71. The normalized spacial score (nSPS) is 13.7. The average Bonchev–Trinajstić information content (AvgIpc) is 2.34. The zero-order chi connectivity index (χ0) is 14.5. The third-order valence-corrected chi connectivity index (χ3v) is 4.83. The summed E-state index contributed by atoms with van der Waals surface area (Å²) in [4.78, 5) is -0.209. The highest BCUT2D eigenvalue weighted by Crippen LogP contribution is 2.18. The SMILES string of the molecule is CCCNC(CS(=O)(=O)c1ccccc1F)C(C)C. The van der Waals surface area contributed by atoms with E-state index in [2.05, 4.69) is 5.32 Å². The van der Waals surface area contributed by atoms with Crippen molar-refractivity contribution in [1.82, 2.24) is 5.32 Å². The average molecular weight is 287 g/mol. The minimum atomic E-state index is -3.60. The Kier molecular flexibility index (Phi) is 5.94. The maximum absolute atomic E-state index is 13.6. The zero-order valence-corrected chi connectivity index (χ0v) is 12.5. The van der Waals surface area contributed by atoms with Crippen LogP contribution in [0.5, 0.6) is 0 Å². The molecule has 1 atom stereocenters. The lowest BCUT2D eigenvalue weighted by Gasteiger charge is -2.22. The molecule has 0 aliphatic rings. The molecule has 1 aromatic rings. The van der Waals surface area contributed by atoms with Gasteiger partial charge >= 0.3 is 0 Å². The van der Waals surface area contributed by atoms with E-state index in [1.54, 1.807) is 6.07 Å². The van der Waals surface area contributed by atoms with Crippen LogP contribution >= 0.6 is 0 Å². The monoisotopic (exact) mass is 287 g/mol. The first-order valence-corrected chi connectivity index (χ1v) is 8.24. The van der Waals surface area contributed by atoms with Gasteiger partial charge in [-0.15, -0.1) is 0 Å². The van der Waals surface area contributed by atoms with Crippen LogP contribution in [0.3, 0.4) is 0 Å². The Morgan fingerprint density at radius 1 is 1.26 bits per heavy atom. The highest BCUT2D eigenvalue weighted by atomic mass is 32.2. The van der Waals surface area contributed by atoms with Crippen molar-refractivity contribution in [2.24, 2.45) is 5.92 Å². The first kappa shape index (κ1) is 16.1. The van der Waals surface area contributed by atoms with Crippen LogP contribution in [0, 0.1) is 11.7 Å². The molecule has 0 amide bonds. The Balaban J connectivity index is 2.91. The summed E-state index contributed by atoms with van der Waals surface area (Å²) in [5.74, 6) is -0.584. The van der Waals surface area contributed by atoms with Gasteiger partial charge in [0.05, 0.1) is 5.75 Å². The Morgan fingerprint density at radius 2 is 1.89 bits per heavy atom. The number of benzene rings is 1. The molecule has 0 saturated carbocycles. The topological polar surface area (TPSA) is 46.2 Å². The molecule has 0 fully saturated rings. The van der Waals surface area contributed by atoms with Gasteiger partial charge in [-0.2, -0.15) is 0 Å². The first-order chi connectivity index (χ1) is 8.88. The molecule has 0 spiro atoms. The van der Waals surface area contributed by atoms with Crippen LogP contribution in [-0.4, -0.2) is 26.8 Å². The van der Waals surface area contributed by atoms with E-state index in [-0.39, 0.29) is 22.6 Å². The Morgan fingerprint density at radius 3 is 2.42 bits per heavy atom. The van der Waals surface area contributed by atoms with Crippen LogP contribution in [0.2, 0.25) is 0 Å². The van der Waals surface area contributed by atoms with Crippen LogP contribution in [0.4, 0.5) is 4.39 Å². The molecule has 0 heterocycles. The van der Waals surface area contributed by atoms with E-state index in [0.29, 0.717) is 0 Å². The molecule has 0 saturated heterocycles. The highest BCUT2D eigenvalue weighted by molar-refractivity contribution is 7.91. The molecule has 19 heavy (non-hydrogen) atoms. The Labute approximate surface area is 115 Å². The van der Waals surface area contributed by atoms with Crippen molar-refractivity contribution >= 4 is 9.84 Å². The fraction of sp³-hybridized carbons (Fsp3) is 0.571. The lowest BCUT2D eigenvalue weighted by atomic mass is 10.1. The van der Waals surface area contributed by atoms with E-state index in [4.69, 9.17) is 0 Å². The molecule has 0 aliphatic heterocycles. The van der Waals surface area contributed by atoms with Crippen molar-refractivity contribution in [3.05, 3.63) is 30.1 Å². The molecule has 1 aromatic carbocycles. The van der Waals surface area contributed by atoms with Crippen molar-refractivity contribution in [1.29, 1.82) is 0 Å². The molecule has 1 unspecified atom stereocenters. The molecular formula is C14H22FNO2S. The summed E-state index contributed by atoms with van der Waals surface area (Å²) >= 11 is 0. The zero-order valence-electron chi connectivity index (χ0n) is 11.7. The van der Waals surface area contributed by atoms with Gasteiger partial charge in [0.25, 0.3) is 0 Å². The van der Waals surface area contributed by atoms with Gasteiger partial charge in [-0.3, -0.25) is 0 Å². The van der Waals surface area contributed by atoms with E-state index >= 15 is 0 Å². The van der Waals surface area contributed by atoms with Gasteiger partial charge in [0, 0.05) is 6.04 Å². The summed E-state index contributed by atoms with van der Waals surface area (Å²) in [6.07, 6.45) is 0.933. The molecule has 0 aromatic heterocycles. The number of nitrogens with one attached hydrogen (secondary N) is 1. The van der Waals surface area contributed by atoms with Crippen LogP contribution in [-0.2, 0) is 9.84 Å². The van der Waals surface area contributed by atoms with Gasteiger partial charge in [-0.05, 0) is 31.0 Å². The van der Waals surface area contributed by atoms with Crippen LogP contribution in [0.1, 0.15) is 27.2 Å². The van der Waals surface area contributed by atoms with Crippen LogP contribution < -0.4 is 5.32 Å². The fourth-order valence-electron chi connectivity index (χ4n) is 1.84. The molecular weight excluding hydrogens is 265 g/mol. The lowest BCUT2D eigenvalue weighted by molar-refractivity contribution is 0.425. The van der Waals surface area contributed by atoms with Crippen molar-refractivity contribution in [3.63, 3.8) is 0 Å². The summed E-state index contributed by atoms with van der Waals surface area (Å²) in [6, 6.07) is 5.37. The van der Waals surface area contributed by atoms with Gasteiger partial charge in [-0.1, -0.05) is 32.9 Å².